The van der Waals surface area contributed by atoms with Crippen LogP contribution in [0.5, 0.6) is 0 Å². The fourth-order valence-electron chi connectivity index (χ4n) is 2.62. The van der Waals surface area contributed by atoms with Crippen molar-refractivity contribution >= 4 is 25.6 Å². The lowest BCUT2D eigenvalue weighted by atomic mass is 9.90. The van der Waals surface area contributed by atoms with Crippen LogP contribution < -0.4 is 10.6 Å². The van der Waals surface area contributed by atoms with Gasteiger partial charge in [0.1, 0.15) is 0 Å². The molecule has 0 aromatic heterocycles. The van der Waals surface area contributed by atoms with E-state index in [4.69, 9.17) is 9.31 Å². The Morgan fingerprint density at radius 3 is 1.58 bits per heavy atom. The van der Waals surface area contributed by atoms with E-state index in [1.54, 1.807) is 0 Å². The average molecular weight is 338 g/mol. The molecule has 1 saturated heterocycles. The van der Waals surface area contributed by atoms with E-state index in [0.717, 1.165) is 0 Å². The third kappa shape index (κ3) is 3.64. The molecule has 0 N–H and O–H groups in total. The Labute approximate surface area is 146 Å². The van der Waals surface area contributed by atoms with Gasteiger partial charge in [-0.05, 0) is 46.2 Å². The van der Waals surface area contributed by atoms with Crippen molar-refractivity contribution in [1.82, 2.24) is 0 Å². The van der Waals surface area contributed by atoms with Crippen molar-refractivity contribution in [3.05, 3.63) is 72.5 Å². The van der Waals surface area contributed by atoms with Gasteiger partial charge in [-0.25, -0.2) is 0 Å². The minimum atomic E-state index is -0.569. The smallest absolute Gasteiger partial charge is 0.400 e. The molecule has 3 rings (SSSR count). The second-order valence-electron chi connectivity index (χ2n) is 7.01. The van der Waals surface area contributed by atoms with Gasteiger partial charge >= 0.3 is 7.12 Å². The molecule has 0 atom stereocenters. The third-order valence-corrected chi connectivity index (χ3v) is 6.91. The Bertz CT molecular complexity index is 643. The van der Waals surface area contributed by atoms with E-state index < -0.39 is 7.92 Å². The topological polar surface area (TPSA) is 18.5 Å². The summed E-state index contributed by atoms with van der Waals surface area (Å²) in [6.07, 6.45) is 0. The highest BCUT2D eigenvalue weighted by atomic mass is 31.1. The minimum absolute atomic E-state index is 0.299. The molecule has 0 saturated carbocycles. The zero-order valence-electron chi connectivity index (χ0n) is 14.8. The first-order chi connectivity index (χ1) is 11.4. The first kappa shape index (κ1) is 17.4. The Hall–Kier alpha value is -1.41. The second kappa shape index (κ2) is 6.84. The van der Waals surface area contributed by atoms with Gasteiger partial charge in [-0.3, -0.25) is 0 Å². The summed E-state index contributed by atoms with van der Waals surface area (Å²) < 4.78 is 12.2. The molecular weight excluding hydrogens is 314 g/mol. The minimum Gasteiger partial charge on any atom is -0.400 e. The summed E-state index contributed by atoms with van der Waals surface area (Å²) in [5.41, 5.74) is -0.603. The fraction of sp³-hybridized carbons (Fsp3) is 0.300. The summed E-state index contributed by atoms with van der Waals surface area (Å²) in [6, 6.07) is 21.2. The van der Waals surface area contributed by atoms with Crippen molar-refractivity contribution in [1.29, 1.82) is 0 Å². The van der Waals surface area contributed by atoms with E-state index in [-0.39, 0.29) is 18.3 Å². The van der Waals surface area contributed by atoms with Crippen LogP contribution in [0.15, 0.2) is 72.5 Å². The molecule has 0 radical (unpaired) electrons. The van der Waals surface area contributed by atoms with Gasteiger partial charge in [0.2, 0.25) is 0 Å². The number of rotatable bonds is 4. The van der Waals surface area contributed by atoms with E-state index in [0.29, 0.717) is 0 Å². The molecule has 1 aliphatic rings. The molecule has 0 spiro atoms. The van der Waals surface area contributed by atoms with Crippen LogP contribution in [0.1, 0.15) is 27.7 Å². The Kier molecular flexibility index (Phi) is 4.96. The molecule has 2 aromatic carbocycles. The second-order valence-corrected chi connectivity index (χ2v) is 9.08. The molecule has 0 amide bonds. The molecule has 1 fully saturated rings. The van der Waals surface area contributed by atoms with Crippen molar-refractivity contribution in [2.75, 3.05) is 0 Å². The van der Waals surface area contributed by atoms with Gasteiger partial charge in [-0.15, -0.1) is 0 Å². The summed E-state index contributed by atoms with van der Waals surface area (Å²) in [5.74, 6) is 4.32. The maximum absolute atomic E-state index is 6.09. The van der Waals surface area contributed by atoms with Crippen LogP contribution in [0, 0.1) is 0 Å². The predicted molar refractivity (Wildman–Crippen MR) is 104 cm³/mol. The molecule has 124 valence electrons. The van der Waals surface area contributed by atoms with Crippen LogP contribution in [0.25, 0.3) is 0 Å². The molecule has 1 aliphatic heterocycles. The largest absolute Gasteiger partial charge is 0.487 e. The van der Waals surface area contributed by atoms with Crippen molar-refractivity contribution in [3.63, 3.8) is 0 Å². The molecule has 0 aliphatic carbocycles. The van der Waals surface area contributed by atoms with E-state index in [1.165, 1.54) is 10.6 Å². The highest BCUT2D eigenvalue weighted by Gasteiger charge is 2.50. The summed E-state index contributed by atoms with van der Waals surface area (Å²) >= 11 is 0. The maximum atomic E-state index is 6.09. The Morgan fingerprint density at radius 2 is 1.17 bits per heavy atom. The van der Waals surface area contributed by atoms with Crippen LogP contribution in [-0.4, -0.2) is 18.3 Å². The van der Waals surface area contributed by atoms with Gasteiger partial charge in [-0.1, -0.05) is 72.5 Å². The highest BCUT2D eigenvalue weighted by Crippen LogP contribution is 2.39. The van der Waals surface area contributed by atoms with Crippen LogP contribution in [0.3, 0.4) is 0 Å². The van der Waals surface area contributed by atoms with Crippen molar-refractivity contribution in [2.24, 2.45) is 0 Å². The molecule has 24 heavy (non-hydrogen) atoms. The molecule has 0 unspecified atom stereocenters. The quantitative estimate of drug-likeness (QED) is 0.612. The molecule has 4 heteroatoms. The van der Waals surface area contributed by atoms with E-state index in [1.807, 2.05) is 0 Å². The van der Waals surface area contributed by atoms with Crippen molar-refractivity contribution in [2.45, 2.75) is 38.9 Å². The van der Waals surface area contributed by atoms with Gasteiger partial charge < -0.3 is 9.31 Å². The Morgan fingerprint density at radius 1 is 0.750 bits per heavy atom. The van der Waals surface area contributed by atoms with Crippen molar-refractivity contribution in [3.8, 4) is 0 Å². The average Bonchev–Trinajstić information content (AvgIpc) is 2.77. The SMILES string of the molecule is CC1(C)OB(/C=C\P(c2ccccc2)c2ccccc2)OC1(C)C. The molecule has 2 aromatic rings. The van der Waals surface area contributed by atoms with E-state index >= 15 is 0 Å². The predicted octanol–water partition coefficient (Wildman–Crippen LogP) is 4.26. The van der Waals surface area contributed by atoms with Crippen LogP contribution in [0.2, 0.25) is 0 Å². The molecular formula is C20H24BO2P. The number of hydrogen-bond acceptors (Lipinski definition) is 2. The maximum Gasteiger partial charge on any atom is 0.487 e. The monoisotopic (exact) mass is 338 g/mol. The zero-order valence-corrected chi connectivity index (χ0v) is 15.7. The lowest BCUT2D eigenvalue weighted by Gasteiger charge is -2.32. The first-order valence-corrected chi connectivity index (χ1v) is 9.73. The van der Waals surface area contributed by atoms with Gasteiger partial charge in [0, 0.05) is 0 Å². The zero-order chi connectivity index (χ0) is 17.2. The van der Waals surface area contributed by atoms with Crippen LogP contribution in [0.4, 0.5) is 0 Å². The first-order valence-electron chi connectivity index (χ1n) is 8.32. The summed E-state index contributed by atoms with van der Waals surface area (Å²) in [5, 5.41) is 2.65. The normalized spacial score (nSPS) is 19.3. The fourth-order valence-corrected chi connectivity index (χ4v) is 4.56. The third-order valence-electron chi connectivity index (χ3n) is 4.73. The molecule has 0 bridgehead atoms. The van der Waals surface area contributed by atoms with Gasteiger partial charge in [0.15, 0.2) is 0 Å². The summed E-state index contributed by atoms with van der Waals surface area (Å²) in [7, 11) is -0.868. The van der Waals surface area contributed by atoms with Gasteiger partial charge in [0.05, 0.1) is 11.2 Å². The highest BCUT2D eigenvalue weighted by molar-refractivity contribution is 7.75. The van der Waals surface area contributed by atoms with Crippen molar-refractivity contribution < 1.29 is 9.31 Å². The van der Waals surface area contributed by atoms with Gasteiger partial charge in [0.25, 0.3) is 0 Å². The van der Waals surface area contributed by atoms with E-state index in [2.05, 4.69) is 100 Å². The standard InChI is InChI=1S/C20H24BO2P/c1-19(2)20(3,4)23-21(22-19)15-16-24(17-11-7-5-8-12-17)18-13-9-6-10-14-18/h5-16H,1-4H3/b16-15-. The molecule has 1 heterocycles. The van der Waals surface area contributed by atoms with Crippen LogP contribution >= 0.6 is 7.92 Å². The number of hydrogen-bond donors (Lipinski definition) is 0. The lowest BCUT2D eigenvalue weighted by molar-refractivity contribution is 0.00578. The summed E-state index contributed by atoms with van der Waals surface area (Å²) in [6.45, 7) is 8.33. The summed E-state index contributed by atoms with van der Waals surface area (Å²) in [4.78, 5) is 0. The van der Waals surface area contributed by atoms with E-state index in [9.17, 15) is 0 Å². The molecule has 2 nitrogen and oxygen atoms in total. The van der Waals surface area contributed by atoms with Crippen LogP contribution in [-0.2, 0) is 9.31 Å². The lowest BCUT2D eigenvalue weighted by Crippen LogP contribution is -2.41. The van der Waals surface area contributed by atoms with Gasteiger partial charge in [-0.2, -0.15) is 0 Å². The number of benzene rings is 2. The Balaban J connectivity index is 1.86.